The summed E-state index contributed by atoms with van der Waals surface area (Å²) in [5.41, 5.74) is 1.93. The zero-order valence-electron chi connectivity index (χ0n) is 18.8. The van der Waals surface area contributed by atoms with E-state index in [0.29, 0.717) is 29.6 Å². The Kier molecular flexibility index (Phi) is 6.55. The van der Waals surface area contributed by atoms with E-state index in [0.717, 1.165) is 18.8 Å². The van der Waals surface area contributed by atoms with Gasteiger partial charge in [-0.15, -0.1) is 0 Å². The van der Waals surface area contributed by atoms with Crippen molar-refractivity contribution in [3.8, 4) is 5.75 Å². The summed E-state index contributed by atoms with van der Waals surface area (Å²) in [5, 5.41) is 3.21. The van der Waals surface area contributed by atoms with Crippen LogP contribution in [-0.4, -0.2) is 53.3 Å². The molecule has 3 aromatic carbocycles. The molecule has 1 N–H and O–H groups in total. The van der Waals surface area contributed by atoms with E-state index in [1.54, 1.807) is 30.3 Å². The molecule has 1 saturated heterocycles. The monoisotopic (exact) mass is 513 g/mol. The van der Waals surface area contributed by atoms with E-state index >= 15 is 0 Å². The molecule has 5 rings (SSSR count). The van der Waals surface area contributed by atoms with E-state index in [1.807, 2.05) is 24.3 Å². The predicted molar refractivity (Wildman–Crippen MR) is 135 cm³/mol. The first-order valence-electron chi connectivity index (χ1n) is 11.2. The number of fused-ring (bicyclic) bond motifs is 1. The average Bonchev–Trinajstić information content (AvgIpc) is 2.89. The number of carbonyl (C=O) groups excluding carboxylic acids is 1. The molecule has 0 unspecified atom stereocenters. The molecule has 1 amide bonds. The summed E-state index contributed by atoms with van der Waals surface area (Å²) in [6.45, 7) is 2.81. The van der Waals surface area contributed by atoms with Gasteiger partial charge in [0.25, 0.3) is 15.9 Å². The van der Waals surface area contributed by atoms with E-state index in [9.17, 15) is 13.2 Å². The molecule has 2 aliphatic heterocycles. The number of ether oxygens (including phenoxy) is 2. The molecule has 2 aliphatic rings. The second-order valence-corrected chi connectivity index (χ2v) is 10.5. The Balaban J connectivity index is 1.37. The summed E-state index contributed by atoms with van der Waals surface area (Å²) in [6.07, 6.45) is -1.05. The molecule has 0 radical (unpaired) electrons. The van der Waals surface area contributed by atoms with Crippen molar-refractivity contribution in [3.05, 3.63) is 77.8 Å². The third kappa shape index (κ3) is 4.93. The maximum Gasteiger partial charge on any atom is 0.267 e. The highest BCUT2D eigenvalue weighted by Gasteiger charge is 2.37. The fourth-order valence-electron chi connectivity index (χ4n) is 4.11. The van der Waals surface area contributed by atoms with E-state index in [4.69, 9.17) is 21.1 Å². The normalized spacial score (nSPS) is 17.9. The Labute approximate surface area is 209 Å². The Morgan fingerprint density at radius 1 is 0.971 bits per heavy atom. The Hall–Kier alpha value is -3.27. The SMILES string of the molecule is O=C(Nc1ccc(N2CCOCC2)cc1)[C@H]1CN(S(=O)(=O)c2ccccc2)c2cc(Cl)ccc2O1. The van der Waals surface area contributed by atoms with E-state index in [-0.39, 0.29) is 17.2 Å². The van der Waals surface area contributed by atoms with Gasteiger partial charge < -0.3 is 19.7 Å². The fraction of sp³-hybridized carbons (Fsp3) is 0.240. The highest BCUT2D eigenvalue weighted by atomic mass is 35.5. The lowest BCUT2D eigenvalue weighted by atomic mass is 10.2. The van der Waals surface area contributed by atoms with E-state index < -0.39 is 22.0 Å². The van der Waals surface area contributed by atoms with Gasteiger partial charge in [-0.1, -0.05) is 29.8 Å². The lowest BCUT2D eigenvalue weighted by Crippen LogP contribution is -2.48. The van der Waals surface area contributed by atoms with Gasteiger partial charge in [-0.25, -0.2) is 8.42 Å². The van der Waals surface area contributed by atoms with E-state index in [2.05, 4.69) is 10.2 Å². The predicted octanol–water partition coefficient (Wildman–Crippen LogP) is 3.77. The van der Waals surface area contributed by atoms with Crippen LogP contribution in [-0.2, 0) is 19.6 Å². The summed E-state index contributed by atoms with van der Waals surface area (Å²) in [4.78, 5) is 15.5. The van der Waals surface area contributed by atoms with Crippen molar-refractivity contribution in [2.75, 3.05) is 47.4 Å². The first-order chi connectivity index (χ1) is 16.9. The van der Waals surface area contributed by atoms with Crippen LogP contribution < -0.4 is 19.3 Å². The molecule has 8 nitrogen and oxygen atoms in total. The minimum absolute atomic E-state index is 0.116. The topological polar surface area (TPSA) is 88.2 Å². The largest absolute Gasteiger partial charge is 0.476 e. The van der Waals surface area contributed by atoms with E-state index in [1.165, 1.54) is 22.5 Å². The number of hydrogen-bond donors (Lipinski definition) is 1. The highest BCUT2D eigenvalue weighted by molar-refractivity contribution is 7.92. The van der Waals surface area contributed by atoms with Crippen molar-refractivity contribution in [2.45, 2.75) is 11.0 Å². The van der Waals surface area contributed by atoms with Crippen LogP contribution in [0.4, 0.5) is 17.1 Å². The van der Waals surface area contributed by atoms with Gasteiger partial charge in [0.1, 0.15) is 5.75 Å². The van der Waals surface area contributed by atoms with Gasteiger partial charge in [-0.2, -0.15) is 0 Å². The van der Waals surface area contributed by atoms with Crippen molar-refractivity contribution in [1.29, 1.82) is 0 Å². The third-order valence-corrected chi connectivity index (χ3v) is 7.95. The molecular weight excluding hydrogens is 490 g/mol. The Bertz CT molecular complexity index is 1310. The molecule has 0 spiro atoms. The van der Waals surface area contributed by atoms with Gasteiger partial charge >= 0.3 is 0 Å². The van der Waals surface area contributed by atoms with Gasteiger partial charge in [0.05, 0.1) is 30.3 Å². The zero-order valence-corrected chi connectivity index (χ0v) is 20.3. The maximum absolute atomic E-state index is 13.5. The number of morpholine rings is 1. The van der Waals surface area contributed by atoms with Gasteiger partial charge in [-0.05, 0) is 54.6 Å². The van der Waals surface area contributed by atoms with Crippen LogP contribution in [0.1, 0.15) is 0 Å². The second-order valence-electron chi connectivity index (χ2n) is 8.20. The molecule has 10 heteroatoms. The first kappa shape index (κ1) is 23.5. The lowest BCUT2D eigenvalue weighted by molar-refractivity contribution is -0.122. The molecule has 0 saturated carbocycles. The van der Waals surface area contributed by atoms with Crippen LogP contribution >= 0.6 is 11.6 Å². The standard InChI is InChI=1S/C25H24ClN3O5S/c26-18-6-11-23-22(16-18)29(35(31,32)21-4-2-1-3-5-21)17-24(34-23)25(30)27-19-7-9-20(10-8-19)28-12-14-33-15-13-28/h1-11,16,24H,12-15,17H2,(H,27,30)/t24-/m1/s1. The maximum atomic E-state index is 13.5. The molecule has 0 aliphatic carbocycles. The van der Waals surface area contributed by atoms with Crippen LogP contribution in [0.3, 0.4) is 0 Å². The molecule has 2 heterocycles. The van der Waals surface area contributed by atoms with Crippen molar-refractivity contribution >= 4 is 44.6 Å². The van der Waals surface area contributed by atoms with Crippen LogP contribution in [0, 0.1) is 0 Å². The second kappa shape index (κ2) is 9.77. The first-order valence-corrected chi connectivity index (χ1v) is 13.0. The van der Waals surface area contributed by atoms with Crippen molar-refractivity contribution < 1.29 is 22.7 Å². The summed E-state index contributed by atoms with van der Waals surface area (Å²) in [7, 11) is -3.95. The Morgan fingerprint density at radius 3 is 2.40 bits per heavy atom. The summed E-state index contributed by atoms with van der Waals surface area (Å²) >= 11 is 6.15. The number of nitrogens with one attached hydrogen (secondary N) is 1. The number of nitrogens with zero attached hydrogens (tertiary/aromatic N) is 2. The summed E-state index contributed by atoms with van der Waals surface area (Å²) in [6, 6.07) is 20.3. The number of benzene rings is 3. The molecule has 0 aromatic heterocycles. The molecule has 1 fully saturated rings. The van der Waals surface area contributed by atoms with Gasteiger partial charge in [0.15, 0.2) is 6.10 Å². The quantitative estimate of drug-likeness (QED) is 0.559. The molecule has 1 atom stereocenters. The number of amides is 1. The molecule has 0 bridgehead atoms. The van der Waals surface area contributed by atoms with Crippen LogP contribution in [0.5, 0.6) is 5.75 Å². The highest BCUT2D eigenvalue weighted by Crippen LogP contribution is 2.39. The van der Waals surface area contributed by atoms with Crippen LogP contribution in [0.2, 0.25) is 5.02 Å². The van der Waals surface area contributed by atoms with Crippen LogP contribution in [0.25, 0.3) is 0 Å². The molecule has 182 valence electrons. The summed E-state index contributed by atoms with van der Waals surface area (Å²) in [5.74, 6) is -0.180. The minimum atomic E-state index is -3.95. The number of carbonyl (C=O) groups is 1. The molecule has 3 aromatic rings. The van der Waals surface area contributed by atoms with Gasteiger partial charge in [0.2, 0.25) is 0 Å². The number of anilines is 3. The summed E-state index contributed by atoms with van der Waals surface area (Å²) < 4.78 is 39.4. The van der Waals surface area contributed by atoms with Crippen LogP contribution in [0.15, 0.2) is 77.7 Å². The number of hydrogen-bond acceptors (Lipinski definition) is 6. The zero-order chi connectivity index (χ0) is 24.4. The smallest absolute Gasteiger partial charge is 0.267 e. The lowest BCUT2D eigenvalue weighted by Gasteiger charge is -2.35. The molecular formula is C25H24ClN3O5S. The van der Waals surface area contributed by atoms with Gasteiger partial charge in [-0.3, -0.25) is 9.10 Å². The number of halogens is 1. The minimum Gasteiger partial charge on any atom is -0.476 e. The number of rotatable bonds is 5. The van der Waals surface area contributed by atoms with Crippen molar-refractivity contribution in [3.63, 3.8) is 0 Å². The fourth-order valence-corrected chi connectivity index (χ4v) is 5.76. The van der Waals surface area contributed by atoms with Crippen molar-refractivity contribution in [2.24, 2.45) is 0 Å². The van der Waals surface area contributed by atoms with Gasteiger partial charge in [0, 0.05) is 29.5 Å². The third-order valence-electron chi connectivity index (χ3n) is 5.93. The Morgan fingerprint density at radius 2 is 1.69 bits per heavy atom. The molecule has 35 heavy (non-hydrogen) atoms. The van der Waals surface area contributed by atoms with Crippen molar-refractivity contribution in [1.82, 2.24) is 0 Å². The number of sulfonamides is 1. The average molecular weight is 514 g/mol.